The molecule has 0 unspecified atom stereocenters. The van der Waals surface area contributed by atoms with Crippen molar-refractivity contribution in [1.29, 1.82) is 0 Å². The van der Waals surface area contributed by atoms with Gasteiger partial charge in [0, 0.05) is 16.6 Å². The van der Waals surface area contributed by atoms with Gasteiger partial charge in [0.2, 0.25) is 0 Å². The molecule has 0 amide bonds. The number of thiocarbonyl (C=S) groups is 1. The Kier molecular flexibility index (Phi) is 3.93. The minimum Gasteiger partial charge on any atom is -0.351 e. The lowest BCUT2D eigenvalue weighted by Gasteiger charge is -2.04. The number of hydrogen-bond acceptors (Lipinski definition) is 3. The van der Waals surface area contributed by atoms with E-state index in [2.05, 4.69) is 30.2 Å². The Morgan fingerprint density at radius 3 is 3.06 bits per heavy atom. The topological polar surface area (TPSA) is 24.1 Å². The average Bonchev–Trinajstić information content (AvgIpc) is 2.73. The molecule has 0 saturated carbocycles. The Morgan fingerprint density at radius 2 is 2.39 bits per heavy atom. The summed E-state index contributed by atoms with van der Waals surface area (Å²) in [7, 11) is 0. The van der Waals surface area contributed by atoms with E-state index in [1.165, 1.54) is 11.0 Å². The van der Waals surface area contributed by atoms with Gasteiger partial charge in [0.15, 0.2) is 0 Å². The monoisotopic (exact) mass is 280 g/mol. The second kappa shape index (κ2) is 5.46. The molecule has 1 aliphatic heterocycles. The number of allylic oxidation sites excluding steroid dienone is 3. The second-order valence-corrected chi connectivity index (χ2v) is 5.29. The molecule has 94 valence electrons. The van der Waals surface area contributed by atoms with E-state index in [4.69, 9.17) is 12.2 Å². The molecule has 2 heterocycles. The summed E-state index contributed by atoms with van der Waals surface area (Å²) in [5.74, 6) is -0.405. The Hall–Kier alpha value is -1.46. The summed E-state index contributed by atoms with van der Waals surface area (Å²) < 4.78 is 13.1. The van der Waals surface area contributed by atoms with E-state index in [1.54, 1.807) is 17.5 Å². The van der Waals surface area contributed by atoms with Crippen molar-refractivity contribution in [3.05, 3.63) is 53.0 Å². The number of aryl methyl sites for hydroxylation is 1. The maximum atomic E-state index is 13.1. The fourth-order valence-electron chi connectivity index (χ4n) is 1.56. The highest BCUT2D eigenvalue weighted by Gasteiger charge is 2.15. The van der Waals surface area contributed by atoms with Crippen LogP contribution in [0.4, 0.5) is 9.39 Å². The summed E-state index contributed by atoms with van der Waals surface area (Å²) in [4.78, 5) is 1.87. The predicted molar refractivity (Wildman–Crippen MR) is 79.6 cm³/mol. The van der Waals surface area contributed by atoms with Crippen molar-refractivity contribution >= 4 is 33.5 Å². The number of nitrogens with one attached hydrogen (secondary N) is 2. The highest BCUT2D eigenvalue weighted by molar-refractivity contribution is 7.80. The van der Waals surface area contributed by atoms with E-state index >= 15 is 0 Å². The highest BCUT2D eigenvalue weighted by atomic mass is 32.1. The Bertz CT molecular complexity index is 555. The van der Waals surface area contributed by atoms with Crippen LogP contribution in [0.3, 0.4) is 0 Å². The van der Waals surface area contributed by atoms with Crippen molar-refractivity contribution in [2.75, 3.05) is 5.32 Å². The number of thiophene rings is 1. The second-order valence-electron chi connectivity index (χ2n) is 3.74. The van der Waals surface area contributed by atoms with Crippen molar-refractivity contribution in [2.45, 2.75) is 13.3 Å². The number of hydrogen-bond donors (Lipinski definition) is 2. The zero-order chi connectivity index (χ0) is 13.1. The van der Waals surface area contributed by atoms with Crippen LogP contribution in [0.5, 0.6) is 0 Å². The lowest BCUT2D eigenvalue weighted by atomic mass is 10.2. The first-order valence-corrected chi connectivity index (χ1v) is 6.77. The molecule has 2 N–H and O–H groups in total. The van der Waals surface area contributed by atoms with E-state index in [1.807, 2.05) is 0 Å². The van der Waals surface area contributed by atoms with Gasteiger partial charge in [-0.1, -0.05) is 25.7 Å². The Labute approximate surface area is 115 Å². The number of fused-ring (bicyclic) bond motifs is 1. The van der Waals surface area contributed by atoms with Crippen LogP contribution >= 0.6 is 23.6 Å². The maximum absolute atomic E-state index is 13.1. The molecule has 0 fully saturated rings. The molecule has 5 heteroatoms. The zero-order valence-electron chi connectivity index (χ0n) is 9.92. The summed E-state index contributed by atoms with van der Waals surface area (Å²) in [6.45, 7) is 5.47. The Morgan fingerprint density at radius 1 is 1.61 bits per heavy atom. The predicted octanol–water partition coefficient (Wildman–Crippen LogP) is 3.88. The third kappa shape index (κ3) is 2.68. The molecule has 2 nitrogen and oxygen atoms in total. The number of halogens is 1. The molecule has 0 aliphatic carbocycles. The van der Waals surface area contributed by atoms with E-state index in [-0.39, 0.29) is 0 Å². The molecule has 0 saturated heterocycles. The molecule has 0 atom stereocenters. The molecule has 0 spiro atoms. The summed E-state index contributed by atoms with van der Waals surface area (Å²) in [6.07, 6.45) is 5.19. The lowest BCUT2D eigenvalue weighted by molar-refractivity contribution is 0.665. The molecule has 0 aromatic carbocycles. The van der Waals surface area contributed by atoms with Gasteiger partial charge in [0.1, 0.15) is 15.8 Å². The van der Waals surface area contributed by atoms with Crippen LogP contribution in [0, 0.1) is 0 Å². The molecular weight excluding hydrogens is 267 g/mol. The third-order valence-electron chi connectivity index (χ3n) is 2.48. The van der Waals surface area contributed by atoms with Crippen molar-refractivity contribution in [2.24, 2.45) is 0 Å². The minimum absolute atomic E-state index is 0.405. The first-order chi connectivity index (χ1) is 8.63. The van der Waals surface area contributed by atoms with Gasteiger partial charge in [-0.15, -0.1) is 11.3 Å². The van der Waals surface area contributed by atoms with Crippen LogP contribution in [-0.2, 0) is 6.42 Å². The van der Waals surface area contributed by atoms with Gasteiger partial charge in [0.25, 0.3) is 0 Å². The van der Waals surface area contributed by atoms with Crippen LogP contribution < -0.4 is 10.6 Å². The first kappa shape index (κ1) is 13.0. The van der Waals surface area contributed by atoms with Gasteiger partial charge in [-0.2, -0.15) is 0 Å². The van der Waals surface area contributed by atoms with E-state index < -0.39 is 5.83 Å². The fourth-order valence-corrected chi connectivity index (χ4v) is 2.87. The van der Waals surface area contributed by atoms with Crippen LogP contribution in [0.25, 0.3) is 0 Å². The Balaban J connectivity index is 2.31. The number of anilines is 1. The summed E-state index contributed by atoms with van der Waals surface area (Å²) in [5, 5.41) is 7.15. The molecule has 18 heavy (non-hydrogen) atoms. The van der Waals surface area contributed by atoms with Crippen LogP contribution in [-0.4, -0.2) is 4.99 Å². The van der Waals surface area contributed by atoms with E-state index in [0.717, 1.165) is 23.1 Å². The van der Waals surface area contributed by atoms with Crippen molar-refractivity contribution in [1.82, 2.24) is 5.32 Å². The quantitative estimate of drug-likeness (QED) is 0.649. The third-order valence-corrected chi connectivity index (χ3v) is 4.01. The van der Waals surface area contributed by atoms with Gasteiger partial charge in [-0.3, -0.25) is 0 Å². The molecule has 2 rings (SSSR count). The van der Waals surface area contributed by atoms with Crippen molar-refractivity contribution < 1.29 is 4.39 Å². The van der Waals surface area contributed by atoms with Crippen molar-refractivity contribution in [3.8, 4) is 0 Å². The van der Waals surface area contributed by atoms with Gasteiger partial charge >= 0.3 is 0 Å². The largest absolute Gasteiger partial charge is 0.351 e. The van der Waals surface area contributed by atoms with Crippen LogP contribution in [0.2, 0.25) is 0 Å². The van der Waals surface area contributed by atoms with Crippen LogP contribution in [0.15, 0.2) is 42.5 Å². The minimum atomic E-state index is -0.405. The molecule has 1 aromatic heterocycles. The SMILES string of the molecule is C=C/C(F)=C\C1=CNc2sc(CC)cc2C(=S)N1. The lowest BCUT2D eigenvalue weighted by Crippen LogP contribution is -2.19. The summed E-state index contributed by atoms with van der Waals surface area (Å²) >= 11 is 6.97. The van der Waals surface area contributed by atoms with E-state index in [0.29, 0.717) is 10.7 Å². The maximum Gasteiger partial charge on any atom is 0.124 e. The van der Waals surface area contributed by atoms with Crippen LogP contribution in [0.1, 0.15) is 17.4 Å². The smallest absolute Gasteiger partial charge is 0.124 e. The van der Waals surface area contributed by atoms with Gasteiger partial charge in [0.05, 0.1) is 5.70 Å². The normalized spacial score (nSPS) is 15.1. The molecule has 1 aliphatic rings. The molecule has 1 aromatic rings. The van der Waals surface area contributed by atoms with Gasteiger partial charge in [-0.05, 0) is 24.6 Å². The number of rotatable bonds is 3. The van der Waals surface area contributed by atoms with Gasteiger partial charge in [-0.25, -0.2) is 4.39 Å². The van der Waals surface area contributed by atoms with Crippen molar-refractivity contribution in [3.63, 3.8) is 0 Å². The van der Waals surface area contributed by atoms with E-state index in [9.17, 15) is 4.39 Å². The fraction of sp³-hybridized carbons (Fsp3) is 0.154. The average molecular weight is 280 g/mol. The summed E-state index contributed by atoms with van der Waals surface area (Å²) in [6, 6.07) is 2.06. The molecular formula is C13H13FN2S2. The summed E-state index contributed by atoms with van der Waals surface area (Å²) in [5.41, 5.74) is 1.55. The highest BCUT2D eigenvalue weighted by Crippen LogP contribution is 2.30. The zero-order valence-corrected chi connectivity index (χ0v) is 11.6. The molecule has 0 bridgehead atoms. The standard InChI is InChI=1S/C13H13FN2S2/c1-3-8(14)5-9-7-15-13-11(12(17)16-9)6-10(4-2)18-13/h3,5-7,15H,1,4H2,2H3,(H,16,17)/b8-5+. The first-order valence-electron chi connectivity index (χ1n) is 5.54. The van der Waals surface area contributed by atoms with Gasteiger partial charge < -0.3 is 10.6 Å². The molecule has 0 radical (unpaired) electrons.